The van der Waals surface area contributed by atoms with Crippen molar-refractivity contribution >= 4 is 23.2 Å². The Morgan fingerprint density at radius 3 is 2.71 bits per heavy atom. The Hall–Kier alpha value is -1.22. The minimum Gasteiger partial charge on any atom is -0.382 e. The highest BCUT2D eigenvalue weighted by atomic mass is 35.5. The van der Waals surface area contributed by atoms with Gasteiger partial charge in [0.15, 0.2) is 0 Å². The largest absolute Gasteiger partial charge is 0.382 e. The second-order valence-electron chi connectivity index (χ2n) is 6.10. The van der Waals surface area contributed by atoms with Crippen LogP contribution in [0.15, 0.2) is 18.2 Å². The molecule has 1 amide bonds. The summed E-state index contributed by atoms with van der Waals surface area (Å²) in [6.07, 6.45) is 6.32. The van der Waals surface area contributed by atoms with Gasteiger partial charge in [-0.2, -0.15) is 0 Å². The SMILES string of the molecule is CCC1CCCCC1Nc1ccc(Cl)c(C(=O)N(C)C)c1. The van der Waals surface area contributed by atoms with Gasteiger partial charge in [-0.3, -0.25) is 4.79 Å². The zero-order valence-corrected chi connectivity index (χ0v) is 13.9. The van der Waals surface area contributed by atoms with Gasteiger partial charge in [-0.1, -0.05) is 37.8 Å². The summed E-state index contributed by atoms with van der Waals surface area (Å²) < 4.78 is 0. The molecule has 1 aromatic rings. The molecule has 4 heteroatoms. The van der Waals surface area contributed by atoms with Crippen LogP contribution >= 0.6 is 11.6 Å². The lowest BCUT2D eigenvalue weighted by Gasteiger charge is -2.32. The standard InChI is InChI=1S/C17H25ClN2O/c1-4-12-7-5-6-8-16(12)19-13-9-10-15(18)14(11-13)17(21)20(2)3/h9-12,16,19H,4-8H2,1-3H3. The highest BCUT2D eigenvalue weighted by molar-refractivity contribution is 6.34. The fourth-order valence-electron chi connectivity index (χ4n) is 3.12. The first-order valence-electron chi connectivity index (χ1n) is 7.80. The Morgan fingerprint density at radius 2 is 2.05 bits per heavy atom. The molecule has 0 heterocycles. The Kier molecular flexibility index (Phi) is 5.51. The van der Waals surface area contributed by atoms with Gasteiger partial charge in [-0.15, -0.1) is 0 Å². The van der Waals surface area contributed by atoms with Gasteiger partial charge in [0.2, 0.25) is 0 Å². The maximum Gasteiger partial charge on any atom is 0.254 e. The lowest BCUT2D eigenvalue weighted by molar-refractivity contribution is 0.0828. The van der Waals surface area contributed by atoms with E-state index in [4.69, 9.17) is 11.6 Å². The molecule has 0 aromatic heterocycles. The monoisotopic (exact) mass is 308 g/mol. The maximum atomic E-state index is 12.1. The number of hydrogen-bond acceptors (Lipinski definition) is 2. The van der Waals surface area contributed by atoms with Crippen LogP contribution in [0.2, 0.25) is 5.02 Å². The van der Waals surface area contributed by atoms with Gasteiger partial charge in [0.05, 0.1) is 10.6 Å². The van der Waals surface area contributed by atoms with Crippen molar-refractivity contribution < 1.29 is 4.79 Å². The minimum atomic E-state index is -0.0562. The summed E-state index contributed by atoms with van der Waals surface area (Å²) >= 11 is 6.16. The second kappa shape index (κ2) is 7.17. The molecule has 1 aliphatic rings. The van der Waals surface area contributed by atoms with Crippen molar-refractivity contribution in [2.24, 2.45) is 5.92 Å². The van der Waals surface area contributed by atoms with E-state index in [0.29, 0.717) is 16.6 Å². The van der Waals surface area contributed by atoms with Gasteiger partial charge < -0.3 is 10.2 Å². The molecule has 0 saturated heterocycles. The molecule has 1 saturated carbocycles. The second-order valence-corrected chi connectivity index (χ2v) is 6.51. The fourth-order valence-corrected chi connectivity index (χ4v) is 3.32. The van der Waals surface area contributed by atoms with Gasteiger partial charge >= 0.3 is 0 Å². The number of benzene rings is 1. The molecule has 2 unspecified atom stereocenters. The molecule has 2 atom stereocenters. The number of carbonyl (C=O) groups excluding carboxylic acids is 1. The molecule has 0 radical (unpaired) electrons. The Morgan fingerprint density at radius 1 is 1.33 bits per heavy atom. The fraction of sp³-hybridized carbons (Fsp3) is 0.588. The highest BCUT2D eigenvalue weighted by Crippen LogP contribution is 2.30. The van der Waals surface area contributed by atoms with E-state index in [0.717, 1.165) is 11.6 Å². The van der Waals surface area contributed by atoms with Crippen molar-refractivity contribution in [3.8, 4) is 0 Å². The number of amides is 1. The Labute approximate surface area is 132 Å². The minimum absolute atomic E-state index is 0.0562. The molecule has 116 valence electrons. The molecular weight excluding hydrogens is 284 g/mol. The van der Waals surface area contributed by atoms with E-state index >= 15 is 0 Å². The third-order valence-corrected chi connectivity index (χ3v) is 4.72. The lowest BCUT2D eigenvalue weighted by atomic mass is 9.83. The molecule has 0 aliphatic heterocycles. The quantitative estimate of drug-likeness (QED) is 0.893. The normalized spacial score (nSPS) is 21.9. The van der Waals surface area contributed by atoms with Crippen LogP contribution in [-0.4, -0.2) is 30.9 Å². The van der Waals surface area contributed by atoms with Crippen molar-refractivity contribution in [1.82, 2.24) is 4.90 Å². The summed E-state index contributed by atoms with van der Waals surface area (Å²) in [5.41, 5.74) is 1.56. The van der Waals surface area contributed by atoms with Crippen LogP contribution < -0.4 is 5.32 Å². The topological polar surface area (TPSA) is 32.3 Å². The Balaban J connectivity index is 2.17. The van der Waals surface area contributed by atoms with E-state index in [1.165, 1.54) is 32.1 Å². The molecule has 0 spiro atoms. The van der Waals surface area contributed by atoms with E-state index in [1.54, 1.807) is 19.0 Å². The summed E-state index contributed by atoms with van der Waals surface area (Å²) in [5.74, 6) is 0.668. The van der Waals surface area contributed by atoms with Crippen LogP contribution in [0.4, 0.5) is 5.69 Å². The van der Waals surface area contributed by atoms with Gasteiger partial charge in [-0.05, 0) is 37.0 Å². The van der Waals surface area contributed by atoms with Crippen LogP contribution in [0.5, 0.6) is 0 Å². The zero-order valence-electron chi connectivity index (χ0n) is 13.2. The van der Waals surface area contributed by atoms with Gasteiger partial charge in [-0.25, -0.2) is 0 Å². The molecule has 1 aliphatic carbocycles. The molecule has 2 rings (SSSR count). The van der Waals surface area contributed by atoms with E-state index in [9.17, 15) is 4.79 Å². The number of halogens is 1. The van der Waals surface area contributed by atoms with Crippen LogP contribution in [0.3, 0.4) is 0 Å². The lowest BCUT2D eigenvalue weighted by Crippen LogP contribution is -2.32. The number of nitrogens with zero attached hydrogens (tertiary/aromatic N) is 1. The molecule has 3 nitrogen and oxygen atoms in total. The first kappa shape index (κ1) is 16.2. The predicted molar refractivity (Wildman–Crippen MR) is 89.1 cm³/mol. The van der Waals surface area contributed by atoms with Gasteiger partial charge in [0, 0.05) is 25.8 Å². The summed E-state index contributed by atoms with van der Waals surface area (Å²) in [5, 5.41) is 4.12. The number of carbonyl (C=O) groups is 1. The van der Waals surface area contributed by atoms with E-state index in [1.807, 2.05) is 18.2 Å². The maximum absolute atomic E-state index is 12.1. The molecule has 21 heavy (non-hydrogen) atoms. The van der Waals surface area contributed by atoms with Crippen molar-refractivity contribution in [1.29, 1.82) is 0 Å². The third-order valence-electron chi connectivity index (χ3n) is 4.39. The summed E-state index contributed by atoms with van der Waals surface area (Å²) in [6.45, 7) is 2.26. The average molecular weight is 309 g/mol. The smallest absolute Gasteiger partial charge is 0.254 e. The predicted octanol–water partition coefficient (Wildman–Crippen LogP) is 4.42. The van der Waals surface area contributed by atoms with Crippen molar-refractivity contribution in [3.63, 3.8) is 0 Å². The van der Waals surface area contributed by atoms with Crippen LogP contribution in [0.25, 0.3) is 0 Å². The third kappa shape index (κ3) is 3.91. The first-order chi connectivity index (χ1) is 10.0. The first-order valence-corrected chi connectivity index (χ1v) is 8.18. The number of rotatable bonds is 4. The van der Waals surface area contributed by atoms with Crippen LogP contribution in [0, 0.1) is 5.92 Å². The highest BCUT2D eigenvalue weighted by Gasteiger charge is 2.23. The summed E-state index contributed by atoms with van der Waals surface area (Å²) in [6, 6.07) is 6.17. The van der Waals surface area contributed by atoms with Crippen molar-refractivity contribution in [2.45, 2.75) is 45.1 Å². The van der Waals surface area contributed by atoms with Crippen LogP contribution in [-0.2, 0) is 0 Å². The van der Waals surface area contributed by atoms with E-state index in [-0.39, 0.29) is 5.91 Å². The van der Waals surface area contributed by atoms with Crippen LogP contribution in [0.1, 0.15) is 49.4 Å². The molecule has 1 fully saturated rings. The summed E-state index contributed by atoms with van der Waals surface area (Å²) in [4.78, 5) is 13.7. The molecule has 1 aromatic carbocycles. The molecular formula is C17H25ClN2O. The number of anilines is 1. The molecule has 1 N–H and O–H groups in total. The van der Waals surface area contributed by atoms with Crippen molar-refractivity contribution in [2.75, 3.05) is 19.4 Å². The number of nitrogens with one attached hydrogen (secondary N) is 1. The Bertz CT molecular complexity index is 502. The zero-order chi connectivity index (χ0) is 15.4. The summed E-state index contributed by atoms with van der Waals surface area (Å²) in [7, 11) is 3.49. The number of hydrogen-bond donors (Lipinski definition) is 1. The van der Waals surface area contributed by atoms with E-state index < -0.39 is 0 Å². The van der Waals surface area contributed by atoms with Crippen molar-refractivity contribution in [3.05, 3.63) is 28.8 Å². The van der Waals surface area contributed by atoms with Gasteiger partial charge in [0.25, 0.3) is 5.91 Å². The van der Waals surface area contributed by atoms with Gasteiger partial charge in [0.1, 0.15) is 0 Å². The molecule has 0 bridgehead atoms. The average Bonchev–Trinajstić information content (AvgIpc) is 2.49. The van der Waals surface area contributed by atoms with E-state index in [2.05, 4.69) is 12.2 Å².